The zero-order valence-corrected chi connectivity index (χ0v) is 11.8. The number of aryl methyl sites for hydroxylation is 3. The molecule has 0 saturated heterocycles. The van der Waals surface area contributed by atoms with Gasteiger partial charge in [0.2, 0.25) is 0 Å². The molecule has 0 aliphatic heterocycles. The molecule has 0 unspecified atom stereocenters. The summed E-state index contributed by atoms with van der Waals surface area (Å²) in [5, 5.41) is 0. The molecule has 94 valence electrons. The van der Waals surface area contributed by atoms with Crippen LogP contribution in [0.5, 0.6) is 0 Å². The molecule has 2 heteroatoms. The SMILES string of the molecule is Cc1ccc(C)c(-c2cc(C)cc(CF)c2S)c1. The third-order valence-corrected chi connectivity index (χ3v) is 3.69. The number of halogens is 1. The molecule has 2 aromatic rings. The largest absolute Gasteiger partial charge is 0.246 e. The van der Waals surface area contributed by atoms with Crippen molar-refractivity contribution in [1.29, 1.82) is 0 Å². The first-order valence-electron chi connectivity index (χ1n) is 5.99. The Balaban J connectivity index is 2.70. The molecule has 0 N–H and O–H groups in total. The first-order chi connectivity index (χ1) is 8.52. The maximum atomic E-state index is 13.0. The van der Waals surface area contributed by atoms with Crippen molar-refractivity contribution in [2.75, 3.05) is 0 Å². The summed E-state index contributed by atoms with van der Waals surface area (Å²) < 4.78 is 13.0. The average Bonchev–Trinajstić information content (AvgIpc) is 2.35. The maximum Gasteiger partial charge on any atom is 0.116 e. The van der Waals surface area contributed by atoms with Gasteiger partial charge in [0.05, 0.1) is 0 Å². The Hall–Kier alpha value is -1.28. The standard InChI is InChI=1S/C16H17FS/c1-10-4-5-12(3)14(7-10)15-8-11(2)6-13(9-17)16(15)18/h4-8,18H,9H2,1-3H3. The van der Waals surface area contributed by atoms with Gasteiger partial charge in [0.1, 0.15) is 6.67 Å². The van der Waals surface area contributed by atoms with Crippen molar-refractivity contribution in [2.45, 2.75) is 32.3 Å². The van der Waals surface area contributed by atoms with Crippen molar-refractivity contribution >= 4 is 12.6 Å². The molecule has 0 saturated carbocycles. The molecular weight excluding hydrogens is 243 g/mol. The summed E-state index contributed by atoms with van der Waals surface area (Å²) in [6.07, 6.45) is 0. The molecule has 0 aliphatic rings. The van der Waals surface area contributed by atoms with Crippen LogP contribution in [-0.4, -0.2) is 0 Å². The predicted molar refractivity (Wildman–Crippen MR) is 78.2 cm³/mol. The Labute approximate surface area is 113 Å². The van der Waals surface area contributed by atoms with Crippen LogP contribution in [0.4, 0.5) is 4.39 Å². The topological polar surface area (TPSA) is 0 Å². The molecule has 0 fully saturated rings. The van der Waals surface area contributed by atoms with Gasteiger partial charge in [-0.15, -0.1) is 12.6 Å². The van der Waals surface area contributed by atoms with Gasteiger partial charge in [-0.1, -0.05) is 41.5 Å². The van der Waals surface area contributed by atoms with Gasteiger partial charge in [-0.3, -0.25) is 0 Å². The van der Waals surface area contributed by atoms with Gasteiger partial charge >= 0.3 is 0 Å². The van der Waals surface area contributed by atoms with Crippen LogP contribution in [0.1, 0.15) is 22.3 Å². The molecule has 0 aromatic heterocycles. The first-order valence-corrected chi connectivity index (χ1v) is 6.43. The lowest BCUT2D eigenvalue weighted by Gasteiger charge is -2.13. The fourth-order valence-electron chi connectivity index (χ4n) is 2.19. The number of hydrogen-bond donors (Lipinski definition) is 1. The number of rotatable bonds is 2. The molecule has 0 bridgehead atoms. The van der Waals surface area contributed by atoms with Gasteiger partial charge in [-0.05, 0) is 43.0 Å². The van der Waals surface area contributed by atoms with E-state index in [4.69, 9.17) is 0 Å². The van der Waals surface area contributed by atoms with E-state index in [-0.39, 0.29) is 0 Å². The molecule has 0 spiro atoms. The number of benzene rings is 2. The summed E-state index contributed by atoms with van der Waals surface area (Å²) >= 11 is 4.49. The van der Waals surface area contributed by atoms with Gasteiger partial charge in [0.25, 0.3) is 0 Å². The predicted octanol–water partition coefficient (Wildman–Crippen LogP) is 5.04. The molecule has 2 rings (SSSR count). The third-order valence-electron chi connectivity index (χ3n) is 3.16. The van der Waals surface area contributed by atoms with E-state index in [2.05, 4.69) is 50.7 Å². The van der Waals surface area contributed by atoms with E-state index >= 15 is 0 Å². The van der Waals surface area contributed by atoms with Crippen LogP contribution in [0, 0.1) is 20.8 Å². The number of alkyl halides is 1. The van der Waals surface area contributed by atoms with Crippen molar-refractivity contribution in [3.63, 3.8) is 0 Å². The van der Waals surface area contributed by atoms with E-state index in [1.165, 1.54) is 11.1 Å². The smallest absolute Gasteiger partial charge is 0.116 e. The molecule has 0 atom stereocenters. The highest BCUT2D eigenvalue weighted by Gasteiger charge is 2.10. The Kier molecular flexibility index (Phi) is 3.76. The number of hydrogen-bond acceptors (Lipinski definition) is 1. The minimum atomic E-state index is -0.474. The van der Waals surface area contributed by atoms with Crippen LogP contribution in [0.2, 0.25) is 0 Å². The lowest BCUT2D eigenvalue weighted by Crippen LogP contribution is -1.92. The van der Waals surface area contributed by atoms with E-state index in [1.807, 2.05) is 13.0 Å². The van der Waals surface area contributed by atoms with Gasteiger partial charge in [-0.25, -0.2) is 4.39 Å². The summed E-state index contributed by atoms with van der Waals surface area (Å²) in [5.74, 6) is 0. The zero-order chi connectivity index (χ0) is 13.3. The van der Waals surface area contributed by atoms with Crippen LogP contribution in [0.15, 0.2) is 35.2 Å². The van der Waals surface area contributed by atoms with Crippen LogP contribution in [-0.2, 0) is 6.67 Å². The minimum Gasteiger partial charge on any atom is -0.246 e. The zero-order valence-electron chi connectivity index (χ0n) is 10.9. The van der Waals surface area contributed by atoms with Gasteiger partial charge in [-0.2, -0.15) is 0 Å². The Bertz CT molecular complexity index is 588. The third kappa shape index (κ3) is 2.44. The second-order valence-electron chi connectivity index (χ2n) is 4.77. The van der Waals surface area contributed by atoms with E-state index < -0.39 is 6.67 Å². The summed E-state index contributed by atoms with van der Waals surface area (Å²) in [6, 6.07) is 10.2. The summed E-state index contributed by atoms with van der Waals surface area (Å²) in [5.41, 5.74) is 6.27. The molecule has 2 aromatic carbocycles. The Morgan fingerprint density at radius 3 is 2.28 bits per heavy atom. The molecule has 0 amide bonds. The van der Waals surface area contributed by atoms with Crippen LogP contribution < -0.4 is 0 Å². The molecule has 0 radical (unpaired) electrons. The van der Waals surface area contributed by atoms with E-state index in [0.29, 0.717) is 5.56 Å². The second kappa shape index (κ2) is 5.15. The van der Waals surface area contributed by atoms with Gasteiger partial charge in [0, 0.05) is 4.90 Å². The van der Waals surface area contributed by atoms with Gasteiger partial charge in [0.15, 0.2) is 0 Å². The summed E-state index contributed by atoms with van der Waals surface area (Å²) in [6.45, 7) is 5.64. The van der Waals surface area contributed by atoms with Crippen molar-refractivity contribution < 1.29 is 4.39 Å². The maximum absolute atomic E-state index is 13.0. The summed E-state index contributed by atoms with van der Waals surface area (Å²) in [7, 11) is 0. The first kappa shape index (κ1) is 13.2. The number of thiol groups is 1. The van der Waals surface area contributed by atoms with Crippen molar-refractivity contribution in [3.05, 3.63) is 52.6 Å². The fraction of sp³-hybridized carbons (Fsp3) is 0.250. The molecule has 0 aliphatic carbocycles. The molecule has 0 heterocycles. The minimum absolute atomic E-state index is 0.474. The lowest BCUT2D eigenvalue weighted by atomic mass is 9.95. The monoisotopic (exact) mass is 260 g/mol. The highest BCUT2D eigenvalue weighted by Crippen LogP contribution is 2.33. The highest BCUT2D eigenvalue weighted by molar-refractivity contribution is 7.80. The molecular formula is C16H17FS. The van der Waals surface area contributed by atoms with E-state index in [1.54, 1.807) is 0 Å². The quantitative estimate of drug-likeness (QED) is 0.719. The van der Waals surface area contributed by atoms with Crippen LogP contribution in [0.3, 0.4) is 0 Å². The Morgan fingerprint density at radius 1 is 0.944 bits per heavy atom. The van der Waals surface area contributed by atoms with E-state index in [0.717, 1.165) is 21.6 Å². The highest BCUT2D eigenvalue weighted by atomic mass is 32.1. The summed E-state index contributed by atoms with van der Waals surface area (Å²) in [4.78, 5) is 0.747. The normalized spacial score (nSPS) is 10.7. The molecule has 0 nitrogen and oxygen atoms in total. The average molecular weight is 260 g/mol. The lowest BCUT2D eigenvalue weighted by molar-refractivity contribution is 0.480. The second-order valence-corrected chi connectivity index (χ2v) is 5.22. The fourth-order valence-corrected chi connectivity index (χ4v) is 2.50. The molecule has 18 heavy (non-hydrogen) atoms. The van der Waals surface area contributed by atoms with Crippen molar-refractivity contribution in [1.82, 2.24) is 0 Å². The van der Waals surface area contributed by atoms with E-state index in [9.17, 15) is 4.39 Å². The van der Waals surface area contributed by atoms with Crippen molar-refractivity contribution in [2.24, 2.45) is 0 Å². The van der Waals surface area contributed by atoms with Crippen molar-refractivity contribution in [3.8, 4) is 11.1 Å². The van der Waals surface area contributed by atoms with Crippen LogP contribution in [0.25, 0.3) is 11.1 Å². The van der Waals surface area contributed by atoms with Crippen LogP contribution >= 0.6 is 12.6 Å². The Morgan fingerprint density at radius 2 is 1.61 bits per heavy atom. The van der Waals surface area contributed by atoms with Gasteiger partial charge < -0.3 is 0 Å².